The van der Waals surface area contributed by atoms with Gasteiger partial charge in [0.25, 0.3) is 5.91 Å². The van der Waals surface area contributed by atoms with E-state index in [1.54, 1.807) is 36.3 Å². The molecule has 1 atom stereocenters. The predicted octanol–water partition coefficient (Wildman–Crippen LogP) is 5.66. The topological polar surface area (TPSA) is 72.2 Å². The van der Waals surface area contributed by atoms with Crippen LogP contribution in [0, 0.1) is 0 Å². The third kappa shape index (κ3) is 5.27. The highest BCUT2D eigenvalue weighted by atomic mass is 16.5. The first-order chi connectivity index (χ1) is 19.0. The van der Waals surface area contributed by atoms with Gasteiger partial charge in [0, 0.05) is 6.54 Å². The van der Waals surface area contributed by atoms with Gasteiger partial charge in [-0.05, 0) is 61.4 Å². The standard InChI is InChI=1S/C32H34N2O5/c1-4-33(5-2)18-11-19-34-29(28-30(35)24-14-9-10-15-25(24)39-31(28)32(34)36)23-16-17-26(27(20-23)37-3)38-21-22-12-7-6-8-13-22/h6-10,12-17,20,29H,4-5,11,18-19,21H2,1-3H3. The van der Waals surface area contributed by atoms with Crippen LogP contribution in [0.25, 0.3) is 11.0 Å². The van der Waals surface area contributed by atoms with E-state index in [4.69, 9.17) is 13.9 Å². The minimum Gasteiger partial charge on any atom is -0.493 e. The van der Waals surface area contributed by atoms with Crippen molar-refractivity contribution in [2.75, 3.05) is 33.3 Å². The van der Waals surface area contributed by atoms with E-state index in [9.17, 15) is 9.59 Å². The number of hydrogen-bond donors (Lipinski definition) is 0. The average molecular weight is 527 g/mol. The molecule has 1 amide bonds. The minimum absolute atomic E-state index is 0.120. The van der Waals surface area contributed by atoms with Crippen molar-refractivity contribution in [3.63, 3.8) is 0 Å². The van der Waals surface area contributed by atoms with Crippen molar-refractivity contribution in [2.24, 2.45) is 0 Å². The molecule has 0 saturated heterocycles. The first kappa shape index (κ1) is 26.5. The zero-order valence-electron chi connectivity index (χ0n) is 22.7. The predicted molar refractivity (Wildman–Crippen MR) is 152 cm³/mol. The van der Waals surface area contributed by atoms with Crippen LogP contribution in [0.3, 0.4) is 0 Å². The summed E-state index contributed by atoms with van der Waals surface area (Å²) in [6, 6.07) is 22.0. The smallest absolute Gasteiger partial charge is 0.290 e. The fourth-order valence-electron chi connectivity index (χ4n) is 5.26. The van der Waals surface area contributed by atoms with Gasteiger partial charge >= 0.3 is 0 Å². The molecule has 0 saturated carbocycles. The van der Waals surface area contributed by atoms with Gasteiger partial charge in [-0.25, -0.2) is 0 Å². The van der Waals surface area contributed by atoms with Crippen LogP contribution in [0.2, 0.25) is 0 Å². The maximum atomic E-state index is 13.7. The molecule has 0 bridgehead atoms. The van der Waals surface area contributed by atoms with Gasteiger partial charge in [0.2, 0.25) is 5.76 Å². The summed E-state index contributed by atoms with van der Waals surface area (Å²) in [5.41, 5.74) is 2.43. The molecule has 0 aliphatic carbocycles. The van der Waals surface area contributed by atoms with Gasteiger partial charge in [0.05, 0.1) is 24.1 Å². The summed E-state index contributed by atoms with van der Waals surface area (Å²) in [4.78, 5) is 31.5. The lowest BCUT2D eigenvalue weighted by Gasteiger charge is -2.27. The molecule has 1 aliphatic rings. The number of hydrogen-bond acceptors (Lipinski definition) is 6. The monoisotopic (exact) mass is 526 g/mol. The Kier molecular flexibility index (Phi) is 7.98. The van der Waals surface area contributed by atoms with Crippen molar-refractivity contribution in [3.8, 4) is 11.5 Å². The first-order valence-corrected chi connectivity index (χ1v) is 13.5. The normalized spacial score (nSPS) is 14.7. The molecule has 202 valence electrons. The second kappa shape index (κ2) is 11.7. The number of methoxy groups -OCH3 is 1. The zero-order valence-corrected chi connectivity index (χ0v) is 22.7. The zero-order chi connectivity index (χ0) is 27.4. The van der Waals surface area contributed by atoms with E-state index in [-0.39, 0.29) is 17.1 Å². The van der Waals surface area contributed by atoms with Gasteiger partial charge in [-0.1, -0.05) is 62.4 Å². The van der Waals surface area contributed by atoms with E-state index in [1.807, 2.05) is 48.5 Å². The van der Waals surface area contributed by atoms with Gasteiger partial charge in [0.15, 0.2) is 16.9 Å². The molecule has 39 heavy (non-hydrogen) atoms. The van der Waals surface area contributed by atoms with Crippen molar-refractivity contribution < 1.29 is 18.7 Å². The highest BCUT2D eigenvalue weighted by Gasteiger charge is 2.42. The number of rotatable bonds is 11. The highest BCUT2D eigenvalue weighted by molar-refractivity contribution is 5.99. The summed E-state index contributed by atoms with van der Waals surface area (Å²) in [6.45, 7) is 7.90. The number of carbonyl (C=O) groups is 1. The molecule has 1 unspecified atom stereocenters. The minimum atomic E-state index is -0.581. The molecule has 5 rings (SSSR count). The summed E-state index contributed by atoms with van der Waals surface area (Å²) in [5.74, 6) is 0.988. The molecule has 2 heterocycles. The van der Waals surface area contributed by atoms with Gasteiger partial charge < -0.3 is 23.7 Å². The Morgan fingerprint density at radius 1 is 0.923 bits per heavy atom. The Morgan fingerprint density at radius 3 is 2.41 bits per heavy atom. The summed E-state index contributed by atoms with van der Waals surface area (Å²) in [6.07, 6.45) is 0.779. The Morgan fingerprint density at radius 2 is 1.67 bits per heavy atom. The number of ether oxygens (including phenoxy) is 2. The van der Waals surface area contributed by atoms with E-state index in [1.165, 1.54) is 0 Å². The number of nitrogens with zero attached hydrogens (tertiary/aromatic N) is 2. The fraction of sp³-hybridized carbons (Fsp3) is 0.312. The van der Waals surface area contributed by atoms with Gasteiger partial charge in [-0.2, -0.15) is 0 Å². The Hall–Kier alpha value is -4.10. The molecule has 0 N–H and O–H groups in total. The lowest BCUT2D eigenvalue weighted by Crippen LogP contribution is -2.33. The van der Waals surface area contributed by atoms with Crippen LogP contribution in [-0.2, 0) is 6.61 Å². The van der Waals surface area contributed by atoms with E-state index in [2.05, 4.69) is 18.7 Å². The summed E-state index contributed by atoms with van der Waals surface area (Å²) >= 11 is 0. The largest absolute Gasteiger partial charge is 0.493 e. The van der Waals surface area contributed by atoms with Crippen molar-refractivity contribution >= 4 is 16.9 Å². The average Bonchev–Trinajstić information content (AvgIpc) is 3.26. The maximum Gasteiger partial charge on any atom is 0.290 e. The molecule has 7 nitrogen and oxygen atoms in total. The number of fused-ring (bicyclic) bond motifs is 2. The van der Waals surface area contributed by atoms with Crippen LogP contribution < -0.4 is 14.9 Å². The number of carbonyl (C=O) groups excluding carboxylic acids is 1. The second-order valence-corrected chi connectivity index (χ2v) is 9.64. The number of para-hydroxylation sites is 1. The van der Waals surface area contributed by atoms with E-state index < -0.39 is 6.04 Å². The number of amides is 1. The van der Waals surface area contributed by atoms with E-state index >= 15 is 0 Å². The molecule has 0 fully saturated rings. The molecule has 1 aliphatic heterocycles. The first-order valence-electron chi connectivity index (χ1n) is 13.5. The molecular formula is C32H34N2O5. The summed E-state index contributed by atoms with van der Waals surface area (Å²) in [5, 5.41) is 0.467. The van der Waals surface area contributed by atoms with E-state index in [0.717, 1.165) is 37.2 Å². The molecule has 0 radical (unpaired) electrons. The van der Waals surface area contributed by atoms with Crippen molar-refractivity contribution in [1.82, 2.24) is 9.80 Å². The van der Waals surface area contributed by atoms with Crippen LogP contribution in [0.4, 0.5) is 0 Å². The van der Waals surface area contributed by atoms with Crippen LogP contribution in [0.1, 0.15) is 53.6 Å². The Bertz CT molecular complexity index is 1510. The molecule has 1 aromatic heterocycles. The fourth-order valence-corrected chi connectivity index (χ4v) is 5.26. The van der Waals surface area contributed by atoms with Crippen LogP contribution in [-0.4, -0.2) is 49.0 Å². The SMILES string of the molecule is CCN(CC)CCCN1C(=O)c2oc3ccccc3c(=O)c2C1c1ccc(OCc2ccccc2)c(OC)c1. The maximum absolute atomic E-state index is 13.7. The quantitative estimate of drug-likeness (QED) is 0.251. The Balaban J connectivity index is 1.52. The molecular weight excluding hydrogens is 492 g/mol. The van der Waals surface area contributed by atoms with Crippen LogP contribution >= 0.6 is 0 Å². The highest BCUT2D eigenvalue weighted by Crippen LogP contribution is 2.41. The third-order valence-corrected chi connectivity index (χ3v) is 7.38. The molecule has 4 aromatic rings. The third-order valence-electron chi connectivity index (χ3n) is 7.38. The van der Waals surface area contributed by atoms with Gasteiger partial charge in [0.1, 0.15) is 12.2 Å². The van der Waals surface area contributed by atoms with Crippen LogP contribution in [0.15, 0.2) is 82.0 Å². The summed E-state index contributed by atoms with van der Waals surface area (Å²) < 4.78 is 17.8. The van der Waals surface area contributed by atoms with Crippen molar-refractivity contribution in [3.05, 3.63) is 105 Å². The summed E-state index contributed by atoms with van der Waals surface area (Å²) in [7, 11) is 1.59. The Labute approximate surface area is 228 Å². The van der Waals surface area contributed by atoms with Gasteiger partial charge in [-0.3, -0.25) is 9.59 Å². The van der Waals surface area contributed by atoms with E-state index in [0.29, 0.717) is 41.2 Å². The van der Waals surface area contributed by atoms with Crippen molar-refractivity contribution in [2.45, 2.75) is 32.9 Å². The molecule has 3 aromatic carbocycles. The van der Waals surface area contributed by atoms with Crippen LogP contribution in [0.5, 0.6) is 11.5 Å². The van der Waals surface area contributed by atoms with Gasteiger partial charge in [-0.15, -0.1) is 0 Å². The second-order valence-electron chi connectivity index (χ2n) is 9.64. The number of benzene rings is 3. The molecule has 7 heteroatoms. The lowest BCUT2D eigenvalue weighted by molar-refractivity contribution is 0.0720. The molecule has 0 spiro atoms. The van der Waals surface area contributed by atoms with Crippen molar-refractivity contribution in [1.29, 1.82) is 0 Å². The lowest BCUT2D eigenvalue weighted by atomic mass is 9.98.